The SMILES string of the molecule is CCN(CC(=O)NC(C)(C)C)C(=O)Cc1ccc2c(c1)CCCC2. The number of nitrogens with one attached hydrogen (secondary N) is 1. The highest BCUT2D eigenvalue weighted by atomic mass is 16.2. The van der Waals surface area contributed by atoms with Gasteiger partial charge in [0, 0.05) is 12.1 Å². The van der Waals surface area contributed by atoms with Gasteiger partial charge < -0.3 is 10.2 Å². The molecule has 24 heavy (non-hydrogen) atoms. The average molecular weight is 330 g/mol. The van der Waals surface area contributed by atoms with Gasteiger partial charge in [-0.1, -0.05) is 18.2 Å². The van der Waals surface area contributed by atoms with E-state index in [9.17, 15) is 9.59 Å². The molecule has 1 aliphatic carbocycles. The Morgan fingerprint density at radius 1 is 1.12 bits per heavy atom. The van der Waals surface area contributed by atoms with Crippen LogP contribution in [0.2, 0.25) is 0 Å². The van der Waals surface area contributed by atoms with Gasteiger partial charge in [0.1, 0.15) is 0 Å². The highest BCUT2D eigenvalue weighted by Gasteiger charge is 2.20. The lowest BCUT2D eigenvalue weighted by Gasteiger charge is -2.25. The Kier molecular flexibility index (Phi) is 6.03. The molecule has 0 unspecified atom stereocenters. The van der Waals surface area contributed by atoms with Crippen molar-refractivity contribution < 1.29 is 9.59 Å². The predicted molar refractivity (Wildman–Crippen MR) is 96.9 cm³/mol. The van der Waals surface area contributed by atoms with Crippen molar-refractivity contribution in [2.45, 2.75) is 65.3 Å². The molecule has 0 aromatic heterocycles. The van der Waals surface area contributed by atoms with Gasteiger partial charge in [-0.3, -0.25) is 9.59 Å². The molecule has 1 aliphatic rings. The normalized spacial score (nSPS) is 14.0. The van der Waals surface area contributed by atoms with Gasteiger partial charge in [-0.15, -0.1) is 0 Å². The van der Waals surface area contributed by atoms with E-state index >= 15 is 0 Å². The molecule has 4 nitrogen and oxygen atoms in total. The molecule has 2 amide bonds. The topological polar surface area (TPSA) is 49.4 Å². The summed E-state index contributed by atoms with van der Waals surface area (Å²) in [5.41, 5.74) is 3.59. The number of fused-ring (bicyclic) bond motifs is 1. The van der Waals surface area contributed by atoms with Crippen LogP contribution in [0.15, 0.2) is 18.2 Å². The fraction of sp³-hybridized carbons (Fsp3) is 0.600. The Labute approximate surface area is 145 Å². The van der Waals surface area contributed by atoms with Crippen molar-refractivity contribution in [2.75, 3.05) is 13.1 Å². The van der Waals surface area contributed by atoms with E-state index in [1.54, 1.807) is 4.90 Å². The van der Waals surface area contributed by atoms with Gasteiger partial charge in [-0.25, -0.2) is 0 Å². The lowest BCUT2D eigenvalue weighted by Crippen LogP contribution is -2.47. The molecule has 0 saturated heterocycles. The second kappa shape index (κ2) is 7.82. The Balaban J connectivity index is 1.97. The molecule has 1 aromatic carbocycles. The summed E-state index contributed by atoms with van der Waals surface area (Å²) in [6.45, 7) is 8.40. The number of hydrogen-bond acceptors (Lipinski definition) is 2. The van der Waals surface area contributed by atoms with Crippen LogP contribution in [-0.2, 0) is 28.9 Å². The number of carbonyl (C=O) groups excluding carboxylic acids is 2. The van der Waals surface area contributed by atoms with Gasteiger partial charge in [0.15, 0.2) is 0 Å². The standard InChI is InChI=1S/C20H30N2O2/c1-5-22(14-18(23)21-20(2,3)4)19(24)13-15-10-11-16-8-6-7-9-17(16)12-15/h10-12H,5-9,13-14H2,1-4H3,(H,21,23). The molecule has 0 aliphatic heterocycles. The molecular weight excluding hydrogens is 300 g/mol. The maximum atomic E-state index is 12.6. The molecule has 4 heteroatoms. The second-order valence-electron chi connectivity index (χ2n) is 7.69. The Bertz CT molecular complexity index is 602. The summed E-state index contributed by atoms with van der Waals surface area (Å²) in [5, 5.41) is 2.91. The van der Waals surface area contributed by atoms with Crippen molar-refractivity contribution >= 4 is 11.8 Å². The van der Waals surface area contributed by atoms with Gasteiger partial charge in [-0.05, 0) is 70.1 Å². The number of amides is 2. The summed E-state index contributed by atoms with van der Waals surface area (Å²) in [6, 6.07) is 6.40. The summed E-state index contributed by atoms with van der Waals surface area (Å²) in [4.78, 5) is 26.3. The van der Waals surface area contributed by atoms with E-state index in [1.807, 2.05) is 27.7 Å². The second-order valence-corrected chi connectivity index (χ2v) is 7.69. The lowest BCUT2D eigenvalue weighted by atomic mass is 9.90. The largest absolute Gasteiger partial charge is 0.350 e. The minimum Gasteiger partial charge on any atom is -0.350 e. The molecule has 132 valence electrons. The molecule has 0 bridgehead atoms. The third-order valence-electron chi connectivity index (χ3n) is 4.35. The third-order valence-corrected chi connectivity index (χ3v) is 4.35. The highest BCUT2D eigenvalue weighted by molar-refractivity contribution is 5.86. The summed E-state index contributed by atoms with van der Waals surface area (Å²) in [5.74, 6) is -0.0968. The van der Waals surface area contributed by atoms with Crippen LogP contribution in [0, 0.1) is 0 Å². The fourth-order valence-corrected chi connectivity index (χ4v) is 3.19. The molecule has 0 heterocycles. The number of nitrogens with zero attached hydrogens (tertiary/aromatic N) is 1. The van der Waals surface area contributed by atoms with Crippen molar-refractivity contribution in [2.24, 2.45) is 0 Å². The Morgan fingerprint density at radius 3 is 2.42 bits per heavy atom. The van der Waals surface area contributed by atoms with E-state index in [0.717, 1.165) is 18.4 Å². The first-order valence-corrected chi connectivity index (χ1v) is 8.98. The summed E-state index contributed by atoms with van der Waals surface area (Å²) >= 11 is 0. The minimum absolute atomic E-state index is 0.0114. The summed E-state index contributed by atoms with van der Waals surface area (Å²) in [7, 11) is 0. The first-order valence-electron chi connectivity index (χ1n) is 8.98. The molecule has 1 aromatic rings. The van der Waals surface area contributed by atoms with E-state index < -0.39 is 0 Å². The zero-order valence-corrected chi connectivity index (χ0v) is 15.4. The highest BCUT2D eigenvalue weighted by Crippen LogP contribution is 2.22. The van der Waals surface area contributed by atoms with Crippen LogP contribution >= 0.6 is 0 Å². The molecule has 0 atom stereocenters. The van der Waals surface area contributed by atoms with Gasteiger partial charge in [0.2, 0.25) is 11.8 Å². The molecule has 0 fully saturated rings. The fourth-order valence-electron chi connectivity index (χ4n) is 3.19. The van der Waals surface area contributed by atoms with Gasteiger partial charge in [-0.2, -0.15) is 0 Å². The van der Waals surface area contributed by atoms with Gasteiger partial charge in [0.25, 0.3) is 0 Å². The number of rotatable bonds is 5. The quantitative estimate of drug-likeness (QED) is 0.902. The summed E-state index contributed by atoms with van der Waals surface area (Å²) in [6.07, 6.45) is 5.13. The number of likely N-dealkylation sites (N-methyl/N-ethyl adjacent to an activating group) is 1. The van der Waals surface area contributed by atoms with Crippen LogP contribution in [0.1, 0.15) is 57.2 Å². The molecule has 2 rings (SSSR count). The van der Waals surface area contributed by atoms with Crippen LogP contribution in [0.4, 0.5) is 0 Å². The maximum Gasteiger partial charge on any atom is 0.240 e. The van der Waals surface area contributed by atoms with Crippen LogP contribution in [0.5, 0.6) is 0 Å². The van der Waals surface area contributed by atoms with Gasteiger partial charge >= 0.3 is 0 Å². The van der Waals surface area contributed by atoms with Crippen molar-refractivity contribution in [1.82, 2.24) is 10.2 Å². The zero-order valence-electron chi connectivity index (χ0n) is 15.4. The van der Waals surface area contributed by atoms with E-state index in [-0.39, 0.29) is 23.9 Å². The predicted octanol–water partition coefficient (Wildman–Crippen LogP) is 2.87. The maximum absolute atomic E-state index is 12.6. The minimum atomic E-state index is -0.280. The lowest BCUT2D eigenvalue weighted by molar-refractivity contribution is -0.135. The van der Waals surface area contributed by atoms with Crippen LogP contribution in [-0.4, -0.2) is 35.3 Å². The third kappa shape index (κ3) is 5.36. The van der Waals surface area contributed by atoms with E-state index in [1.165, 1.54) is 24.0 Å². The average Bonchev–Trinajstić information content (AvgIpc) is 2.50. The first-order chi connectivity index (χ1) is 11.3. The van der Waals surface area contributed by atoms with Crippen molar-refractivity contribution in [3.63, 3.8) is 0 Å². The molecule has 0 spiro atoms. The van der Waals surface area contributed by atoms with Crippen molar-refractivity contribution in [1.29, 1.82) is 0 Å². The van der Waals surface area contributed by atoms with E-state index in [0.29, 0.717) is 13.0 Å². The number of benzene rings is 1. The molecule has 0 radical (unpaired) electrons. The van der Waals surface area contributed by atoms with Gasteiger partial charge in [0.05, 0.1) is 13.0 Å². The van der Waals surface area contributed by atoms with Crippen molar-refractivity contribution in [3.8, 4) is 0 Å². The number of aryl methyl sites for hydroxylation is 2. The first kappa shape index (κ1) is 18.5. The molecule has 1 N–H and O–H groups in total. The van der Waals surface area contributed by atoms with E-state index in [4.69, 9.17) is 0 Å². The van der Waals surface area contributed by atoms with Crippen molar-refractivity contribution in [3.05, 3.63) is 34.9 Å². The Morgan fingerprint density at radius 2 is 1.79 bits per heavy atom. The number of hydrogen-bond donors (Lipinski definition) is 1. The zero-order chi connectivity index (χ0) is 17.7. The van der Waals surface area contributed by atoms with Crippen LogP contribution in [0.3, 0.4) is 0 Å². The Hall–Kier alpha value is -1.84. The monoisotopic (exact) mass is 330 g/mol. The van der Waals surface area contributed by atoms with Crippen LogP contribution in [0.25, 0.3) is 0 Å². The number of carbonyl (C=O) groups is 2. The molecule has 0 saturated carbocycles. The molecular formula is C20H30N2O2. The van der Waals surface area contributed by atoms with Crippen LogP contribution < -0.4 is 5.32 Å². The van der Waals surface area contributed by atoms with E-state index in [2.05, 4.69) is 23.5 Å². The summed E-state index contributed by atoms with van der Waals surface area (Å²) < 4.78 is 0. The smallest absolute Gasteiger partial charge is 0.240 e.